The summed E-state index contributed by atoms with van der Waals surface area (Å²) in [6.45, 7) is 7.28. The topological polar surface area (TPSA) is 192 Å². The van der Waals surface area contributed by atoms with E-state index in [9.17, 15) is 39.0 Å². The predicted molar refractivity (Wildman–Crippen MR) is 237 cm³/mol. The highest BCUT2D eigenvalue weighted by Crippen LogP contribution is 2.29. The zero-order chi connectivity index (χ0) is 45.5. The first kappa shape index (κ1) is 45.6. The van der Waals surface area contributed by atoms with Gasteiger partial charge < -0.3 is 40.1 Å². The fraction of sp³-hybridized carbons (Fsp3) is 0.400. The van der Waals surface area contributed by atoms with Crippen LogP contribution in [0.3, 0.4) is 0 Å². The van der Waals surface area contributed by atoms with Crippen LogP contribution in [0.25, 0.3) is 0 Å². The van der Waals surface area contributed by atoms with Crippen molar-refractivity contribution in [2.75, 3.05) is 26.3 Å². The summed E-state index contributed by atoms with van der Waals surface area (Å²) in [7, 11) is 0. The molecule has 4 aromatic rings. The quantitative estimate of drug-likeness (QED) is 0.174. The minimum atomic E-state index is -0.855. The number of piperidine rings is 2. The first-order valence-corrected chi connectivity index (χ1v) is 21.9. The van der Waals surface area contributed by atoms with Gasteiger partial charge in [-0.25, -0.2) is 0 Å². The lowest BCUT2D eigenvalue weighted by molar-refractivity contribution is -0.142. The summed E-state index contributed by atoms with van der Waals surface area (Å²) in [4.78, 5) is 81.0. The number of hydrogen-bond donors (Lipinski definition) is 4. The Bertz CT molecular complexity index is 2310. The smallest absolute Gasteiger partial charge is 0.251 e. The molecule has 4 heterocycles. The molecule has 0 aliphatic carbocycles. The van der Waals surface area contributed by atoms with E-state index in [1.54, 1.807) is 94.7 Å². The van der Waals surface area contributed by atoms with Crippen molar-refractivity contribution in [3.05, 3.63) is 131 Å². The number of Topliss-reactive ketones (excluding diaryl/α,β-unsaturated/α-hetero) is 2. The van der Waals surface area contributed by atoms with Crippen molar-refractivity contribution in [2.24, 2.45) is 0 Å². The van der Waals surface area contributed by atoms with Gasteiger partial charge in [-0.2, -0.15) is 0 Å². The summed E-state index contributed by atoms with van der Waals surface area (Å²) >= 11 is 0. The molecule has 6 unspecified atom stereocenters. The van der Waals surface area contributed by atoms with Crippen molar-refractivity contribution < 1.29 is 48.5 Å². The monoisotopic (exact) mass is 872 g/mol. The molecule has 14 nitrogen and oxygen atoms in total. The number of phenols is 2. The van der Waals surface area contributed by atoms with E-state index in [1.165, 1.54) is 0 Å². The minimum Gasteiger partial charge on any atom is -0.508 e. The molecule has 14 heteroatoms. The second kappa shape index (κ2) is 20.0. The highest BCUT2D eigenvalue weighted by atomic mass is 16.5. The van der Waals surface area contributed by atoms with Crippen LogP contribution in [0.2, 0.25) is 0 Å². The van der Waals surface area contributed by atoms with Crippen LogP contribution >= 0.6 is 0 Å². The lowest BCUT2D eigenvalue weighted by atomic mass is 9.86. The van der Waals surface area contributed by atoms with Crippen LogP contribution in [0.5, 0.6) is 11.5 Å². The number of nitrogens with one attached hydrogen (secondary N) is 2. The summed E-state index contributed by atoms with van der Waals surface area (Å²) in [5.74, 6) is -1.21. The van der Waals surface area contributed by atoms with Crippen molar-refractivity contribution in [1.82, 2.24) is 20.4 Å². The van der Waals surface area contributed by atoms with Gasteiger partial charge in [-0.05, 0) is 96.3 Å². The largest absolute Gasteiger partial charge is 0.508 e. The zero-order valence-electron chi connectivity index (χ0n) is 36.4. The number of benzene rings is 4. The van der Waals surface area contributed by atoms with E-state index < -0.39 is 24.2 Å². The fourth-order valence-corrected chi connectivity index (χ4v) is 8.81. The SMILES string of the molecule is CC(C)(C)c1ccc(C(=O)NC(Cc2ccc(O)cc2)C(=O)N2CCCC3OCC(=O)C32)cc1.O=C(NC(Cc1ccc(O)cc1)C(=O)N1CCCC2OCC(=O)C21)c1ccccc1. The number of carbonyl (C=O) groups excluding carboxylic acids is 6. The lowest BCUT2D eigenvalue weighted by Gasteiger charge is -2.37. The Balaban J connectivity index is 0.000000193. The summed E-state index contributed by atoms with van der Waals surface area (Å²) in [5, 5.41) is 24.9. The van der Waals surface area contributed by atoms with E-state index in [4.69, 9.17) is 9.47 Å². The maximum absolute atomic E-state index is 13.7. The molecule has 4 aliphatic heterocycles. The van der Waals surface area contributed by atoms with Crippen molar-refractivity contribution in [2.45, 2.75) is 101 Å². The van der Waals surface area contributed by atoms with Gasteiger partial charge in [0.1, 0.15) is 48.9 Å². The molecule has 4 aliphatic rings. The molecule has 0 spiro atoms. The Morgan fingerprint density at radius 2 is 1.02 bits per heavy atom. The standard InChI is InChI=1S/C27H32N2O5.C23H24N2O5/c1-27(2,3)19-10-8-18(9-11-19)25(32)28-21(15-17-6-12-20(30)13-7-17)26(33)29-14-4-5-23-24(29)22(31)16-34-23;26-17-10-8-15(9-11-17)13-18(24-22(28)16-5-2-1-3-6-16)23(29)25-12-4-7-20-21(25)19(27)14-30-20/h6-13,21,23-24,30H,4-5,14-16H2,1-3H3,(H,28,32);1-3,5-6,8-11,18,20-21,26H,4,7,12-14H2,(H,24,28). The molecule has 0 bridgehead atoms. The molecule has 0 radical (unpaired) electrons. The Morgan fingerprint density at radius 3 is 1.42 bits per heavy atom. The molecule has 0 aromatic heterocycles. The lowest BCUT2D eigenvalue weighted by Crippen LogP contribution is -2.58. The molecule has 8 rings (SSSR count). The third-order valence-corrected chi connectivity index (χ3v) is 12.3. The van der Waals surface area contributed by atoms with Crippen LogP contribution in [0, 0.1) is 0 Å². The Kier molecular flexibility index (Phi) is 14.3. The number of fused-ring (bicyclic) bond motifs is 2. The molecule has 336 valence electrons. The van der Waals surface area contributed by atoms with Gasteiger partial charge in [0.2, 0.25) is 11.8 Å². The average molecular weight is 873 g/mol. The molecule has 4 fully saturated rings. The molecular weight excluding hydrogens is 817 g/mol. The Labute approximate surface area is 372 Å². The predicted octanol–water partition coefficient (Wildman–Crippen LogP) is 4.68. The number of carbonyl (C=O) groups is 6. The highest BCUT2D eigenvalue weighted by Gasteiger charge is 2.47. The third kappa shape index (κ3) is 10.9. The molecule has 6 atom stereocenters. The van der Waals surface area contributed by atoms with Crippen molar-refractivity contribution in [3.8, 4) is 11.5 Å². The van der Waals surface area contributed by atoms with E-state index >= 15 is 0 Å². The maximum atomic E-state index is 13.7. The summed E-state index contributed by atoms with van der Waals surface area (Å²) in [5.41, 5.74) is 3.59. The molecule has 4 amide bonds. The van der Waals surface area contributed by atoms with Crippen LogP contribution in [0.1, 0.15) is 83.9 Å². The van der Waals surface area contributed by atoms with E-state index in [0.717, 1.165) is 42.4 Å². The number of hydrogen-bond acceptors (Lipinski definition) is 10. The summed E-state index contributed by atoms with van der Waals surface area (Å²) in [6.07, 6.45) is 2.94. The molecular formula is C50H56N4O10. The molecule has 4 N–H and O–H groups in total. The van der Waals surface area contributed by atoms with Crippen LogP contribution in [-0.4, -0.2) is 118 Å². The normalized spacial score (nSPS) is 21.4. The number of phenolic OH excluding ortho intramolecular Hbond substituents is 2. The van der Waals surface area contributed by atoms with Gasteiger partial charge in [0, 0.05) is 37.1 Å². The van der Waals surface area contributed by atoms with Gasteiger partial charge in [0.15, 0.2) is 11.6 Å². The summed E-state index contributed by atoms with van der Waals surface area (Å²) < 4.78 is 11.1. The van der Waals surface area contributed by atoms with Crippen LogP contribution in [0.4, 0.5) is 0 Å². The van der Waals surface area contributed by atoms with Gasteiger partial charge in [-0.15, -0.1) is 0 Å². The van der Waals surface area contributed by atoms with Crippen LogP contribution in [0.15, 0.2) is 103 Å². The average Bonchev–Trinajstić information content (AvgIpc) is 3.88. The zero-order valence-corrected chi connectivity index (χ0v) is 36.4. The number of ketones is 2. The number of likely N-dealkylation sites (tertiary alicyclic amines) is 2. The highest BCUT2D eigenvalue weighted by molar-refractivity contribution is 6.00. The molecule has 0 saturated carbocycles. The fourth-order valence-electron chi connectivity index (χ4n) is 8.81. The number of rotatable bonds is 10. The Hall–Kier alpha value is -6.38. The van der Waals surface area contributed by atoms with Gasteiger partial charge in [-0.3, -0.25) is 28.8 Å². The van der Waals surface area contributed by atoms with Gasteiger partial charge in [0.25, 0.3) is 11.8 Å². The number of ether oxygens (including phenoxy) is 2. The summed E-state index contributed by atoms with van der Waals surface area (Å²) in [6, 6.07) is 26.3. The molecule has 4 aromatic carbocycles. The second-order valence-electron chi connectivity index (χ2n) is 17.9. The number of aromatic hydroxyl groups is 2. The van der Waals surface area contributed by atoms with Gasteiger partial charge in [-0.1, -0.05) is 75.4 Å². The van der Waals surface area contributed by atoms with E-state index in [1.807, 2.05) is 18.2 Å². The third-order valence-electron chi connectivity index (χ3n) is 12.3. The minimum absolute atomic E-state index is 0.0221. The molecule has 4 saturated heterocycles. The van der Waals surface area contributed by atoms with E-state index in [2.05, 4.69) is 31.4 Å². The Morgan fingerprint density at radius 1 is 0.609 bits per heavy atom. The van der Waals surface area contributed by atoms with Crippen LogP contribution < -0.4 is 10.6 Å². The first-order chi connectivity index (χ1) is 30.7. The van der Waals surface area contributed by atoms with Crippen LogP contribution in [-0.2, 0) is 46.9 Å². The van der Waals surface area contributed by atoms with Crippen molar-refractivity contribution in [3.63, 3.8) is 0 Å². The van der Waals surface area contributed by atoms with E-state index in [-0.39, 0.29) is 90.4 Å². The first-order valence-electron chi connectivity index (χ1n) is 21.9. The van der Waals surface area contributed by atoms with Gasteiger partial charge in [0.05, 0.1) is 12.2 Å². The maximum Gasteiger partial charge on any atom is 0.251 e. The number of nitrogens with zero attached hydrogens (tertiary/aromatic N) is 2. The van der Waals surface area contributed by atoms with Crippen molar-refractivity contribution in [1.29, 1.82) is 0 Å². The number of amides is 4. The second-order valence-corrected chi connectivity index (χ2v) is 17.9. The molecule has 64 heavy (non-hydrogen) atoms. The van der Waals surface area contributed by atoms with Crippen molar-refractivity contribution >= 4 is 35.2 Å². The van der Waals surface area contributed by atoms with Gasteiger partial charge >= 0.3 is 0 Å². The van der Waals surface area contributed by atoms with E-state index in [0.29, 0.717) is 24.2 Å².